The summed E-state index contributed by atoms with van der Waals surface area (Å²) in [6.45, 7) is 0.625. The first-order valence-corrected chi connectivity index (χ1v) is 6.26. The fraction of sp³-hybridized carbons (Fsp3) is 0.231. The first-order chi connectivity index (χ1) is 8.29. The zero-order valence-electron chi connectivity index (χ0n) is 9.68. The minimum absolute atomic E-state index is 0.625. The number of anilines is 1. The molecule has 0 radical (unpaired) electrons. The van der Waals surface area contributed by atoms with Crippen molar-refractivity contribution < 1.29 is 9.47 Å². The Hall–Kier alpha value is -1.68. The van der Waals surface area contributed by atoms with Gasteiger partial charge in [0.05, 0.1) is 13.7 Å². The molecule has 90 valence electrons. The van der Waals surface area contributed by atoms with Gasteiger partial charge in [-0.25, -0.2) is 0 Å². The Kier molecular flexibility index (Phi) is 3.88. The summed E-state index contributed by atoms with van der Waals surface area (Å²) >= 11 is 1.74. The normalized spacial score (nSPS) is 10.2. The maximum Gasteiger partial charge on any atom is 0.163 e. The molecule has 0 aliphatic rings. The number of hydrogen-bond donors (Lipinski definition) is 1. The first-order valence-electron chi connectivity index (χ1n) is 5.38. The van der Waals surface area contributed by atoms with Crippen molar-refractivity contribution >= 4 is 17.0 Å². The highest BCUT2D eigenvalue weighted by Gasteiger charge is 2.04. The molecule has 0 bridgehead atoms. The third-order valence-electron chi connectivity index (χ3n) is 2.37. The van der Waals surface area contributed by atoms with E-state index in [-0.39, 0.29) is 0 Å². The smallest absolute Gasteiger partial charge is 0.163 e. The Labute approximate surface area is 105 Å². The molecule has 0 atom stereocenters. The Bertz CT molecular complexity index is 468. The number of nitrogen functional groups attached to an aromatic ring is 1. The van der Waals surface area contributed by atoms with Crippen LogP contribution in [0, 0.1) is 0 Å². The van der Waals surface area contributed by atoms with Crippen LogP contribution in [0.4, 0.5) is 5.69 Å². The third-order valence-corrected chi connectivity index (χ3v) is 3.31. The Balaban J connectivity index is 1.96. The van der Waals surface area contributed by atoms with E-state index >= 15 is 0 Å². The van der Waals surface area contributed by atoms with E-state index < -0.39 is 0 Å². The van der Waals surface area contributed by atoms with E-state index in [9.17, 15) is 0 Å². The van der Waals surface area contributed by atoms with Crippen molar-refractivity contribution in [1.29, 1.82) is 0 Å². The molecule has 17 heavy (non-hydrogen) atoms. The molecule has 0 unspecified atom stereocenters. The molecule has 0 spiro atoms. The van der Waals surface area contributed by atoms with E-state index in [1.54, 1.807) is 30.6 Å². The fourth-order valence-corrected chi connectivity index (χ4v) is 2.21. The fourth-order valence-electron chi connectivity index (χ4n) is 1.52. The second-order valence-corrected chi connectivity index (χ2v) is 4.62. The summed E-state index contributed by atoms with van der Waals surface area (Å²) < 4.78 is 10.9. The third kappa shape index (κ3) is 3.14. The van der Waals surface area contributed by atoms with Crippen LogP contribution in [0.15, 0.2) is 35.7 Å². The van der Waals surface area contributed by atoms with Crippen LogP contribution in [0.3, 0.4) is 0 Å². The summed E-state index contributed by atoms with van der Waals surface area (Å²) in [5.41, 5.74) is 6.39. The van der Waals surface area contributed by atoms with Gasteiger partial charge >= 0.3 is 0 Å². The number of methoxy groups -OCH3 is 1. The molecule has 2 rings (SSSR count). The lowest BCUT2D eigenvalue weighted by atomic mass is 10.3. The summed E-state index contributed by atoms with van der Waals surface area (Å²) in [7, 11) is 1.62. The molecule has 1 heterocycles. The lowest BCUT2D eigenvalue weighted by molar-refractivity contribution is 0.298. The summed E-state index contributed by atoms with van der Waals surface area (Å²) in [5, 5.41) is 2.07. The second kappa shape index (κ2) is 5.59. The number of nitrogens with two attached hydrogens (primary N) is 1. The largest absolute Gasteiger partial charge is 0.493 e. The lowest BCUT2D eigenvalue weighted by Crippen LogP contribution is -2.02. The van der Waals surface area contributed by atoms with Crippen LogP contribution in [-0.2, 0) is 6.42 Å². The number of hydrogen-bond acceptors (Lipinski definition) is 4. The van der Waals surface area contributed by atoms with Crippen LogP contribution in [0.5, 0.6) is 11.5 Å². The van der Waals surface area contributed by atoms with Gasteiger partial charge in [-0.1, -0.05) is 6.07 Å². The van der Waals surface area contributed by atoms with E-state index in [0.29, 0.717) is 23.8 Å². The van der Waals surface area contributed by atoms with Gasteiger partial charge in [-0.15, -0.1) is 11.3 Å². The minimum Gasteiger partial charge on any atom is -0.493 e. The van der Waals surface area contributed by atoms with Crippen LogP contribution in [0.2, 0.25) is 0 Å². The molecule has 2 N–H and O–H groups in total. The van der Waals surface area contributed by atoms with Crippen molar-refractivity contribution in [2.75, 3.05) is 19.5 Å². The standard InChI is InChI=1S/C13H15NO2S/c1-15-12-5-4-10(14)9-13(12)16-7-6-11-3-2-8-17-11/h2-5,8-9H,6-7,14H2,1H3. The van der Waals surface area contributed by atoms with Gasteiger partial charge in [-0.05, 0) is 23.6 Å². The van der Waals surface area contributed by atoms with E-state index in [2.05, 4.69) is 11.4 Å². The molecule has 4 heteroatoms. The van der Waals surface area contributed by atoms with Crippen molar-refractivity contribution in [3.05, 3.63) is 40.6 Å². The van der Waals surface area contributed by atoms with Gasteiger partial charge in [0.1, 0.15) is 0 Å². The van der Waals surface area contributed by atoms with Gasteiger partial charge in [-0.2, -0.15) is 0 Å². The van der Waals surface area contributed by atoms with E-state index in [4.69, 9.17) is 15.2 Å². The van der Waals surface area contributed by atoms with Crippen molar-refractivity contribution in [2.24, 2.45) is 0 Å². The van der Waals surface area contributed by atoms with E-state index in [0.717, 1.165) is 6.42 Å². The second-order valence-electron chi connectivity index (χ2n) is 3.59. The van der Waals surface area contributed by atoms with Crippen molar-refractivity contribution in [3.63, 3.8) is 0 Å². The molecule has 0 aliphatic heterocycles. The SMILES string of the molecule is COc1ccc(N)cc1OCCc1cccs1. The van der Waals surface area contributed by atoms with Gasteiger partial charge in [0.15, 0.2) is 11.5 Å². The average Bonchev–Trinajstić information content (AvgIpc) is 2.82. The molecule has 0 aliphatic carbocycles. The van der Waals surface area contributed by atoms with Gasteiger partial charge < -0.3 is 15.2 Å². The molecule has 2 aromatic rings. The van der Waals surface area contributed by atoms with Gasteiger partial charge in [-0.3, -0.25) is 0 Å². The lowest BCUT2D eigenvalue weighted by Gasteiger charge is -2.10. The maximum absolute atomic E-state index is 5.72. The van der Waals surface area contributed by atoms with Crippen molar-refractivity contribution in [2.45, 2.75) is 6.42 Å². The maximum atomic E-state index is 5.72. The first kappa shape index (κ1) is 11.8. The summed E-state index contributed by atoms with van der Waals surface area (Å²) in [6.07, 6.45) is 0.898. The minimum atomic E-state index is 0.625. The summed E-state index contributed by atoms with van der Waals surface area (Å²) in [5.74, 6) is 1.41. The van der Waals surface area contributed by atoms with Crippen LogP contribution < -0.4 is 15.2 Å². The van der Waals surface area contributed by atoms with Crippen molar-refractivity contribution in [3.8, 4) is 11.5 Å². The highest BCUT2D eigenvalue weighted by molar-refractivity contribution is 7.09. The van der Waals surface area contributed by atoms with Crippen LogP contribution in [-0.4, -0.2) is 13.7 Å². The molecule has 3 nitrogen and oxygen atoms in total. The number of rotatable bonds is 5. The van der Waals surface area contributed by atoms with E-state index in [1.165, 1.54) is 4.88 Å². The zero-order chi connectivity index (χ0) is 12.1. The molecular weight excluding hydrogens is 234 g/mol. The number of thiophene rings is 1. The number of ether oxygens (including phenoxy) is 2. The van der Waals surface area contributed by atoms with Crippen LogP contribution in [0.1, 0.15) is 4.88 Å². The monoisotopic (exact) mass is 249 g/mol. The summed E-state index contributed by atoms with van der Waals surface area (Å²) in [6, 6.07) is 9.54. The van der Waals surface area contributed by atoms with Crippen LogP contribution in [0.25, 0.3) is 0 Å². The van der Waals surface area contributed by atoms with Gasteiger partial charge in [0, 0.05) is 23.1 Å². The number of benzene rings is 1. The Morgan fingerprint density at radius 1 is 1.24 bits per heavy atom. The van der Waals surface area contributed by atoms with E-state index in [1.807, 2.05) is 12.1 Å². The highest BCUT2D eigenvalue weighted by atomic mass is 32.1. The molecule has 0 fully saturated rings. The Morgan fingerprint density at radius 3 is 2.82 bits per heavy atom. The molecule has 0 saturated heterocycles. The predicted molar refractivity (Wildman–Crippen MR) is 70.9 cm³/mol. The van der Waals surface area contributed by atoms with Crippen LogP contribution >= 0.6 is 11.3 Å². The molecule has 0 amide bonds. The Morgan fingerprint density at radius 2 is 2.12 bits per heavy atom. The molecule has 0 saturated carbocycles. The zero-order valence-corrected chi connectivity index (χ0v) is 10.5. The van der Waals surface area contributed by atoms with Gasteiger partial charge in [0.2, 0.25) is 0 Å². The topological polar surface area (TPSA) is 44.5 Å². The molecular formula is C13H15NO2S. The summed E-state index contributed by atoms with van der Waals surface area (Å²) in [4.78, 5) is 1.31. The van der Waals surface area contributed by atoms with Crippen molar-refractivity contribution in [1.82, 2.24) is 0 Å². The predicted octanol–water partition coefficient (Wildman–Crippen LogP) is 2.96. The molecule has 1 aromatic heterocycles. The highest BCUT2D eigenvalue weighted by Crippen LogP contribution is 2.29. The molecule has 1 aromatic carbocycles. The quantitative estimate of drug-likeness (QED) is 0.829. The van der Waals surface area contributed by atoms with Gasteiger partial charge in [0.25, 0.3) is 0 Å². The average molecular weight is 249 g/mol.